The average Bonchev–Trinajstić information content (AvgIpc) is 2.84. The highest BCUT2D eigenvalue weighted by Crippen LogP contribution is 2.38. The summed E-state index contributed by atoms with van der Waals surface area (Å²) in [6.07, 6.45) is 4.75. The van der Waals surface area contributed by atoms with Gasteiger partial charge in [-0.2, -0.15) is 0 Å². The first-order valence-corrected chi connectivity index (χ1v) is 9.71. The zero-order valence-corrected chi connectivity index (χ0v) is 16.6. The highest BCUT2D eigenvalue weighted by molar-refractivity contribution is 6.07. The van der Waals surface area contributed by atoms with E-state index in [-0.39, 0.29) is 18.5 Å². The Kier molecular flexibility index (Phi) is 6.11. The summed E-state index contributed by atoms with van der Waals surface area (Å²) in [6, 6.07) is 3.50. The van der Waals surface area contributed by atoms with Gasteiger partial charge in [-0.25, -0.2) is 4.79 Å². The molecule has 0 aromatic carbocycles. The number of rotatable bonds is 7. The number of hydrogen-bond donors (Lipinski definition) is 0. The quantitative estimate of drug-likeness (QED) is 0.683. The van der Waals surface area contributed by atoms with E-state index in [0.717, 1.165) is 25.2 Å². The highest BCUT2D eigenvalue weighted by Gasteiger charge is 2.57. The molecule has 0 aliphatic carbocycles. The van der Waals surface area contributed by atoms with Crippen LogP contribution in [0.1, 0.15) is 32.3 Å². The number of nitrogens with zero attached hydrogens (tertiary/aromatic N) is 4. The van der Waals surface area contributed by atoms with E-state index in [1.54, 1.807) is 24.4 Å². The highest BCUT2D eigenvalue weighted by atomic mass is 16.5. The maximum absolute atomic E-state index is 13.4. The topological polar surface area (TPSA) is 66.0 Å². The number of pyridine rings is 1. The van der Waals surface area contributed by atoms with E-state index in [0.29, 0.717) is 31.9 Å². The van der Waals surface area contributed by atoms with Crippen LogP contribution in [0.5, 0.6) is 0 Å². The van der Waals surface area contributed by atoms with E-state index in [1.165, 1.54) is 4.90 Å². The number of ether oxygens (including phenoxy) is 1. The predicted molar refractivity (Wildman–Crippen MR) is 102 cm³/mol. The molecule has 1 aromatic heterocycles. The van der Waals surface area contributed by atoms with Crippen molar-refractivity contribution in [3.8, 4) is 0 Å². The molecule has 3 rings (SSSR count). The van der Waals surface area contributed by atoms with Gasteiger partial charge in [-0.05, 0) is 30.4 Å². The van der Waals surface area contributed by atoms with Gasteiger partial charge in [0.25, 0.3) is 5.91 Å². The van der Waals surface area contributed by atoms with E-state index in [1.807, 2.05) is 12.1 Å². The van der Waals surface area contributed by atoms with E-state index in [2.05, 4.69) is 23.7 Å². The summed E-state index contributed by atoms with van der Waals surface area (Å²) in [5.41, 5.74) is 0.130. The van der Waals surface area contributed by atoms with Crippen molar-refractivity contribution in [1.29, 1.82) is 0 Å². The summed E-state index contributed by atoms with van der Waals surface area (Å²) in [5.74, 6) is 0.517. The molecule has 2 fully saturated rings. The standard InChI is InChI=1S/C20H30N4O3/c1-16(2)14-22-9-6-20(7-10-22)18(25)23(15-17-5-4-8-21-13-17)19(26)24(20)11-12-27-3/h4-5,8,13,16H,6-7,9-12,14-15H2,1-3H3. The molecule has 2 aliphatic heterocycles. The SMILES string of the molecule is COCCN1C(=O)N(Cc2cccnc2)C(=O)C12CCN(CC(C)C)CC2. The van der Waals surface area contributed by atoms with Gasteiger partial charge in [-0.1, -0.05) is 19.9 Å². The van der Waals surface area contributed by atoms with Crippen LogP contribution in [0.4, 0.5) is 4.79 Å². The van der Waals surface area contributed by atoms with Gasteiger partial charge in [0.15, 0.2) is 0 Å². The zero-order valence-electron chi connectivity index (χ0n) is 16.6. The molecule has 0 N–H and O–H groups in total. The van der Waals surface area contributed by atoms with Crippen molar-refractivity contribution in [3.63, 3.8) is 0 Å². The fraction of sp³-hybridized carbons (Fsp3) is 0.650. The third kappa shape index (κ3) is 3.99. The van der Waals surface area contributed by atoms with Crippen LogP contribution in [-0.4, -0.2) is 77.1 Å². The molecular weight excluding hydrogens is 344 g/mol. The van der Waals surface area contributed by atoms with Gasteiger partial charge >= 0.3 is 6.03 Å². The molecule has 27 heavy (non-hydrogen) atoms. The van der Waals surface area contributed by atoms with Crippen LogP contribution in [0.25, 0.3) is 0 Å². The van der Waals surface area contributed by atoms with Crippen molar-refractivity contribution in [2.45, 2.75) is 38.8 Å². The normalized spacial score (nSPS) is 20.3. The summed E-state index contributed by atoms with van der Waals surface area (Å²) in [5, 5.41) is 0. The summed E-state index contributed by atoms with van der Waals surface area (Å²) < 4.78 is 5.20. The maximum Gasteiger partial charge on any atom is 0.328 e. The largest absolute Gasteiger partial charge is 0.383 e. The van der Waals surface area contributed by atoms with Crippen LogP contribution in [-0.2, 0) is 16.1 Å². The molecule has 0 radical (unpaired) electrons. The summed E-state index contributed by atoms with van der Waals surface area (Å²) in [6.45, 7) is 8.24. The summed E-state index contributed by atoms with van der Waals surface area (Å²) in [4.78, 5) is 36.1. The Balaban J connectivity index is 1.80. The second-order valence-electron chi connectivity index (χ2n) is 7.91. The van der Waals surface area contributed by atoms with Crippen molar-refractivity contribution in [2.75, 3.05) is 39.9 Å². The third-order valence-electron chi connectivity index (χ3n) is 5.51. The molecule has 3 amide bonds. The van der Waals surface area contributed by atoms with Crippen LogP contribution in [0, 0.1) is 5.92 Å². The van der Waals surface area contributed by atoms with Gasteiger partial charge in [0.1, 0.15) is 5.54 Å². The molecule has 7 heteroatoms. The number of methoxy groups -OCH3 is 1. The van der Waals surface area contributed by atoms with Gasteiger partial charge < -0.3 is 14.5 Å². The number of imide groups is 1. The Bertz CT molecular complexity index is 656. The van der Waals surface area contributed by atoms with E-state index in [9.17, 15) is 9.59 Å². The number of hydrogen-bond acceptors (Lipinski definition) is 5. The Hall–Kier alpha value is -1.99. The number of carbonyl (C=O) groups excluding carboxylic acids is 2. The van der Waals surface area contributed by atoms with Crippen molar-refractivity contribution < 1.29 is 14.3 Å². The molecule has 0 unspecified atom stereocenters. The van der Waals surface area contributed by atoms with Crippen LogP contribution in [0.3, 0.4) is 0 Å². The first kappa shape index (κ1) is 19.8. The number of piperidine rings is 1. The lowest BCUT2D eigenvalue weighted by molar-refractivity contribution is -0.136. The van der Waals surface area contributed by atoms with Gasteiger partial charge in [-0.15, -0.1) is 0 Å². The van der Waals surface area contributed by atoms with Gasteiger partial charge in [0, 0.05) is 45.7 Å². The van der Waals surface area contributed by atoms with E-state index >= 15 is 0 Å². The smallest absolute Gasteiger partial charge is 0.328 e. The van der Waals surface area contributed by atoms with E-state index in [4.69, 9.17) is 4.74 Å². The van der Waals surface area contributed by atoms with Crippen LogP contribution < -0.4 is 0 Å². The maximum atomic E-state index is 13.4. The van der Waals surface area contributed by atoms with Gasteiger partial charge in [0.2, 0.25) is 0 Å². The molecule has 0 bridgehead atoms. The fourth-order valence-electron chi connectivity index (χ4n) is 4.19. The number of aromatic nitrogens is 1. The van der Waals surface area contributed by atoms with Crippen molar-refractivity contribution in [2.24, 2.45) is 5.92 Å². The molecule has 0 saturated carbocycles. The first-order valence-electron chi connectivity index (χ1n) is 9.71. The van der Waals surface area contributed by atoms with Crippen LogP contribution in [0.15, 0.2) is 24.5 Å². The minimum atomic E-state index is -0.731. The number of amides is 3. The zero-order chi connectivity index (χ0) is 19.4. The fourth-order valence-corrected chi connectivity index (χ4v) is 4.19. The molecule has 3 heterocycles. The molecule has 2 aliphatic rings. The first-order chi connectivity index (χ1) is 13.0. The Morgan fingerprint density at radius 1 is 1.26 bits per heavy atom. The predicted octanol–water partition coefficient (Wildman–Crippen LogP) is 1.98. The third-order valence-corrected chi connectivity index (χ3v) is 5.51. The second kappa shape index (κ2) is 8.35. The monoisotopic (exact) mass is 374 g/mol. The second-order valence-corrected chi connectivity index (χ2v) is 7.91. The Labute approximate surface area is 161 Å². The van der Waals surface area contributed by atoms with Crippen molar-refractivity contribution in [3.05, 3.63) is 30.1 Å². The van der Waals surface area contributed by atoms with Gasteiger partial charge in [0.05, 0.1) is 13.2 Å². The molecule has 7 nitrogen and oxygen atoms in total. The number of carbonyl (C=O) groups is 2. The van der Waals surface area contributed by atoms with E-state index < -0.39 is 5.54 Å². The molecule has 148 valence electrons. The Morgan fingerprint density at radius 2 is 2.00 bits per heavy atom. The number of likely N-dealkylation sites (tertiary alicyclic amines) is 1. The van der Waals surface area contributed by atoms with Crippen molar-refractivity contribution >= 4 is 11.9 Å². The van der Waals surface area contributed by atoms with Crippen LogP contribution in [0.2, 0.25) is 0 Å². The van der Waals surface area contributed by atoms with Gasteiger partial charge in [-0.3, -0.25) is 14.7 Å². The molecular formula is C20H30N4O3. The molecule has 1 aromatic rings. The summed E-state index contributed by atoms with van der Waals surface area (Å²) in [7, 11) is 1.62. The number of urea groups is 1. The molecule has 1 spiro atoms. The lowest BCUT2D eigenvalue weighted by Gasteiger charge is -2.42. The lowest BCUT2D eigenvalue weighted by atomic mass is 9.85. The molecule has 2 saturated heterocycles. The minimum absolute atomic E-state index is 0.0725. The lowest BCUT2D eigenvalue weighted by Crippen LogP contribution is -2.57. The summed E-state index contributed by atoms with van der Waals surface area (Å²) >= 11 is 0. The van der Waals surface area contributed by atoms with Crippen LogP contribution >= 0.6 is 0 Å². The Morgan fingerprint density at radius 3 is 2.59 bits per heavy atom. The average molecular weight is 374 g/mol. The van der Waals surface area contributed by atoms with Crippen molar-refractivity contribution in [1.82, 2.24) is 19.7 Å². The molecule has 0 atom stereocenters. The minimum Gasteiger partial charge on any atom is -0.383 e.